The van der Waals surface area contributed by atoms with Gasteiger partial charge in [-0.1, -0.05) is 257 Å². The Morgan fingerprint density at radius 3 is 1.24 bits per heavy atom. The summed E-state index contributed by atoms with van der Waals surface area (Å²) in [6.45, 7) is 2.81. The molecule has 0 aromatic carbocycles. The second-order valence-corrected chi connectivity index (χ2v) is 22.2. The Kier molecular flexibility index (Phi) is 43.4. The third-order valence-corrected chi connectivity index (χ3v) is 15.5. The lowest BCUT2D eigenvalue weighted by molar-refractivity contribution is -0.359. The van der Waals surface area contributed by atoms with Gasteiger partial charge in [0.05, 0.1) is 32.0 Å². The third kappa shape index (κ3) is 32.0. The maximum atomic E-state index is 13.2. The first-order chi connectivity index (χ1) is 36.1. The molecule has 0 bridgehead atoms. The van der Waals surface area contributed by atoms with E-state index in [9.17, 15) is 45.6 Å². The minimum Gasteiger partial charge on any atom is -0.394 e. The van der Waals surface area contributed by atoms with Gasteiger partial charge in [0.25, 0.3) is 0 Å². The highest BCUT2D eigenvalue weighted by molar-refractivity contribution is 5.76. The number of carbonyl (C=O) groups excluding carboxylic acids is 1. The number of amides is 1. The van der Waals surface area contributed by atoms with Gasteiger partial charge in [-0.25, -0.2) is 0 Å². The fourth-order valence-corrected chi connectivity index (χ4v) is 10.5. The van der Waals surface area contributed by atoms with Crippen molar-refractivity contribution in [1.82, 2.24) is 5.32 Å². The molecular formula is C60H115NO13. The molecule has 0 aromatic heterocycles. The van der Waals surface area contributed by atoms with Crippen LogP contribution in [0.5, 0.6) is 0 Å². The van der Waals surface area contributed by atoms with Gasteiger partial charge in [0.15, 0.2) is 12.6 Å². The average Bonchev–Trinajstić information content (AvgIpc) is 3.40. The van der Waals surface area contributed by atoms with Crippen LogP contribution in [0.3, 0.4) is 0 Å². The predicted octanol–water partition coefficient (Wildman–Crippen LogP) is 10.7. The molecule has 2 rings (SSSR count). The SMILES string of the molecule is CCCCCCCCCCCC/C=C/[C@@H](O)[C@H](CO[C@@H]1O[C@H](CO)[C@@H](O[C@@H]2O[C@H](CO)[C@H](O)C(O)C2O)C(O)C1O)NC(=O)CCCCCCCCCCCCCCCCCCCCCCCCCCCCCC. The van der Waals surface area contributed by atoms with E-state index in [0.29, 0.717) is 6.42 Å². The number of hydrogen-bond donors (Lipinski definition) is 9. The molecule has 12 atom stereocenters. The van der Waals surface area contributed by atoms with E-state index in [1.807, 2.05) is 6.08 Å². The minimum absolute atomic E-state index is 0.234. The minimum atomic E-state index is -1.78. The van der Waals surface area contributed by atoms with Gasteiger partial charge < -0.3 is 65.1 Å². The van der Waals surface area contributed by atoms with E-state index in [0.717, 1.165) is 38.5 Å². The topological polar surface area (TPSA) is 228 Å². The average molecular weight is 1060 g/mol. The Bertz CT molecular complexity index is 1290. The Balaban J connectivity index is 1.66. The van der Waals surface area contributed by atoms with Gasteiger partial charge in [-0.05, 0) is 19.3 Å². The van der Waals surface area contributed by atoms with Gasteiger partial charge in [-0.15, -0.1) is 0 Å². The van der Waals surface area contributed by atoms with E-state index >= 15 is 0 Å². The molecule has 9 N–H and O–H groups in total. The van der Waals surface area contributed by atoms with E-state index in [-0.39, 0.29) is 18.9 Å². The van der Waals surface area contributed by atoms with Crippen molar-refractivity contribution in [2.45, 2.75) is 344 Å². The summed E-state index contributed by atoms with van der Waals surface area (Å²) in [6.07, 6.45) is 37.0. The smallest absolute Gasteiger partial charge is 0.220 e. The molecule has 74 heavy (non-hydrogen) atoms. The predicted molar refractivity (Wildman–Crippen MR) is 295 cm³/mol. The Morgan fingerprint density at radius 1 is 0.473 bits per heavy atom. The maximum Gasteiger partial charge on any atom is 0.220 e. The number of carbonyl (C=O) groups is 1. The summed E-state index contributed by atoms with van der Waals surface area (Å²) in [7, 11) is 0. The molecule has 2 aliphatic heterocycles. The van der Waals surface area contributed by atoms with Crippen LogP contribution in [0.2, 0.25) is 0 Å². The van der Waals surface area contributed by atoms with Crippen LogP contribution in [0.15, 0.2) is 12.2 Å². The normalized spacial score (nSPS) is 25.2. The van der Waals surface area contributed by atoms with Crippen LogP contribution < -0.4 is 5.32 Å². The lowest BCUT2D eigenvalue weighted by atomic mass is 9.97. The summed E-state index contributed by atoms with van der Waals surface area (Å²) in [4.78, 5) is 13.2. The molecule has 2 heterocycles. The number of aliphatic hydroxyl groups is 8. The molecule has 438 valence electrons. The zero-order valence-electron chi connectivity index (χ0n) is 47.1. The number of allylic oxidation sites excluding steroid dienone is 1. The first kappa shape index (κ1) is 68.8. The molecule has 0 aromatic rings. The van der Waals surface area contributed by atoms with Crippen molar-refractivity contribution in [2.75, 3.05) is 19.8 Å². The molecule has 1 amide bonds. The van der Waals surface area contributed by atoms with Crippen LogP contribution in [0.1, 0.15) is 271 Å². The van der Waals surface area contributed by atoms with Crippen molar-refractivity contribution < 1.29 is 64.6 Å². The van der Waals surface area contributed by atoms with Crippen molar-refractivity contribution >= 4 is 5.91 Å². The summed E-state index contributed by atoms with van der Waals surface area (Å²) in [5.41, 5.74) is 0. The quantitative estimate of drug-likeness (QED) is 0.0204. The Labute approximate surface area is 450 Å². The Morgan fingerprint density at radius 2 is 0.838 bits per heavy atom. The van der Waals surface area contributed by atoms with Crippen LogP contribution in [0, 0.1) is 0 Å². The van der Waals surface area contributed by atoms with Crippen molar-refractivity contribution in [2.24, 2.45) is 0 Å². The molecule has 2 saturated heterocycles. The molecule has 4 unspecified atom stereocenters. The fourth-order valence-electron chi connectivity index (χ4n) is 10.5. The van der Waals surface area contributed by atoms with E-state index in [4.69, 9.17) is 18.9 Å². The molecule has 14 heteroatoms. The van der Waals surface area contributed by atoms with Crippen molar-refractivity contribution in [3.8, 4) is 0 Å². The summed E-state index contributed by atoms with van der Waals surface area (Å²) >= 11 is 0. The zero-order chi connectivity index (χ0) is 53.9. The number of ether oxygens (including phenoxy) is 4. The zero-order valence-corrected chi connectivity index (χ0v) is 47.1. The van der Waals surface area contributed by atoms with Crippen molar-refractivity contribution in [3.05, 3.63) is 12.2 Å². The fraction of sp³-hybridized carbons (Fsp3) is 0.950. The number of nitrogens with one attached hydrogen (secondary N) is 1. The molecule has 0 aliphatic carbocycles. The highest BCUT2D eigenvalue weighted by Gasteiger charge is 2.51. The van der Waals surface area contributed by atoms with E-state index in [1.165, 1.54) is 205 Å². The lowest BCUT2D eigenvalue weighted by Gasteiger charge is -2.46. The molecule has 0 spiro atoms. The largest absolute Gasteiger partial charge is 0.394 e. The van der Waals surface area contributed by atoms with Gasteiger partial charge in [-0.2, -0.15) is 0 Å². The van der Waals surface area contributed by atoms with Crippen LogP contribution >= 0.6 is 0 Å². The number of rotatable bonds is 50. The summed E-state index contributed by atoms with van der Waals surface area (Å²) in [6, 6.07) is -0.908. The molecule has 2 fully saturated rings. The van der Waals surface area contributed by atoms with Gasteiger partial charge in [0.1, 0.15) is 48.8 Å². The molecular weight excluding hydrogens is 943 g/mol. The number of aliphatic hydroxyl groups excluding tert-OH is 8. The van der Waals surface area contributed by atoms with Crippen molar-refractivity contribution in [3.63, 3.8) is 0 Å². The van der Waals surface area contributed by atoms with E-state index < -0.39 is 86.8 Å². The number of hydrogen-bond acceptors (Lipinski definition) is 13. The van der Waals surface area contributed by atoms with Gasteiger partial charge in [-0.3, -0.25) is 4.79 Å². The van der Waals surface area contributed by atoms with Crippen LogP contribution in [0.25, 0.3) is 0 Å². The standard InChI is InChI=1S/C60H115NO13/c1-3-5-7-9-11-13-15-17-18-19-20-21-22-23-24-25-26-27-28-29-30-31-32-34-36-38-40-42-44-52(65)61-48(49(64)43-41-39-37-35-33-16-14-12-10-8-6-4-2)47-71-59-57(70)55(68)58(51(46-63)73-59)74-60-56(69)54(67)53(66)50(45-62)72-60/h41,43,48-51,53-60,62-64,66-70H,3-40,42,44-47H2,1-2H3,(H,61,65)/b43-41+/t48-,49+,50+,51+,53-,54?,55?,56?,57?,58+,59+,60-/m0/s1. The molecule has 14 nitrogen and oxygen atoms in total. The second-order valence-electron chi connectivity index (χ2n) is 22.2. The second kappa shape index (κ2) is 46.6. The highest BCUT2D eigenvalue weighted by Crippen LogP contribution is 2.30. The Hall–Kier alpha value is -1.27. The summed E-state index contributed by atoms with van der Waals surface area (Å²) in [5.74, 6) is -0.234. The monoisotopic (exact) mass is 1060 g/mol. The van der Waals surface area contributed by atoms with E-state index in [1.54, 1.807) is 6.08 Å². The first-order valence-corrected chi connectivity index (χ1v) is 30.9. The van der Waals surface area contributed by atoms with Gasteiger partial charge >= 0.3 is 0 Å². The molecule has 0 radical (unpaired) electrons. The van der Waals surface area contributed by atoms with Crippen LogP contribution in [-0.4, -0.2) is 140 Å². The third-order valence-electron chi connectivity index (χ3n) is 15.5. The van der Waals surface area contributed by atoms with Gasteiger partial charge in [0.2, 0.25) is 5.91 Å². The van der Waals surface area contributed by atoms with Crippen LogP contribution in [-0.2, 0) is 23.7 Å². The van der Waals surface area contributed by atoms with E-state index in [2.05, 4.69) is 19.2 Å². The van der Waals surface area contributed by atoms with Crippen LogP contribution in [0.4, 0.5) is 0 Å². The summed E-state index contributed by atoms with van der Waals surface area (Å²) < 4.78 is 22.8. The lowest BCUT2D eigenvalue weighted by Crippen LogP contribution is -2.65. The van der Waals surface area contributed by atoms with Gasteiger partial charge in [0, 0.05) is 6.42 Å². The molecule has 0 saturated carbocycles. The maximum absolute atomic E-state index is 13.2. The highest BCUT2D eigenvalue weighted by atomic mass is 16.7. The first-order valence-electron chi connectivity index (χ1n) is 30.9. The van der Waals surface area contributed by atoms with Crippen molar-refractivity contribution in [1.29, 1.82) is 0 Å². The number of unbranched alkanes of at least 4 members (excludes halogenated alkanes) is 37. The molecule has 2 aliphatic rings. The summed E-state index contributed by atoms with van der Waals surface area (Å²) in [5, 5.41) is 87.0.